The number of aryl methyl sites for hydroxylation is 1. The van der Waals surface area contributed by atoms with Crippen molar-refractivity contribution in [2.75, 3.05) is 0 Å². The first-order valence-electron chi connectivity index (χ1n) is 5.04. The maximum absolute atomic E-state index is 6.26. The normalized spacial score (nSPS) is 20.7. The van der Waals surface area contributed by atoms with Crippen LogP contribution in [-0.2, 0) is 6.42 Å². The van der Waals surface area contributed by atoms with Crippen molar-refractivity contribution in [3.05, 3.63) is 33.3 Å². The molecule has 1 unspecified atom stereocenters. The molecule has 0 radical (unpaired) electrons. The predicted octanol–water partition coefficient (Wildman–Crippen LogP) is 4.73. The number of fused-ring (bicyclic) bond motifs is 1. The van der Waals surface area contributed by atoms with E-state index in [4.69, 9.17) is 11.6 Å². The van der Waals surface area contributed by atoms with Crippen molar-refractivity contribution >= 4 is 27.5 Å². The smallest absolute Gasteiger partial charge is 0.0443 e. The SMILES string of the molecule is Cc1cc(Cl)c2c(c1C)C(Br)CCC2. The van der Waals surface area contributed by atoms with Gasteiger partial charge in [0.15, 0.2) is 0 Å². The Morgan fingerprint density at radius 1 is 1.43 bits per heavy atom. The molecule has 0 bridgehead atoms. The van der Waals surface area contributed by atoms with Gasteiger partial charge < -0.3 is 0 Å². The standard InChI is InChI=1S/C12H14BrCl/c1-7-6-11(14)9-4-3-5-10(13)12(9)8(7)2/h6,10H,3-5H2,1-2H3. The van der Waals surface area contributed by atoms with Crippen LogP contribution in [0, 0.1) is 13.8 Å². The summed E-state index contributed by atoms with van der Waals surface area (Å²) in [6.45, 7) is 4.33. The fraction of sp³-hybridized carbons (Fsp3) is 0.500. The molecule has 1 aliphatic carbocycles. The van der Waals surface area contributed by atoms with E-state index in [1.165, 1.54) is 35.1 Å². The molecule has 0 fully saturated rings. The van der Waals surface area contributed by atoms with E-state index in [2.05, 4.69) is 35.8 Å². The van der Waals surface area contributed by atoms with Gasteiger partial charge in [-0.05, 0) is 61.4 Å². The summed E-state index contributed by atoms with van der Waals surface area (Å²) in [7, 11) is 0. The molecule has 0 saturated carbocycles. The van der Waals surface area contributed by atoms with Crippen LogP contribution in [0.15, 0.2) is 6.07 Å². The number of halogens is 2. The highest BCUT2D eigenvalue weighted by molar-refractivity contribution is 9.09. The Morgan fingerprint density at radius 2 is 2.14 bits per heavy atom. The monoisotopic (exact) mass is 272 g/mol. The molecule has 1 aromatic rings. The largest absolute Gasteiger partial charge is 0.0840 e. The zero-order valence-corrected chi connectivity index (χ0v) is 10.9. The molecule has 2 rings (SSSR count). The number of hydrogen-bond acceptors (Lipinski definition) is 0. The summed E-state index contributed by atoms with van der Waals surface area (Å²) >= 11 is 10.0. The lowest BCUT2D eigenvalue weighted by Crippen LogP contribution is -2.09. The van der Waals surface area contributed by atoms with Gasteiger partial charge in [0.2, 0.25) is 0 Å². The molecule has 0 spiro atoms. The van der Waals surface area contributed by atoms with Crippen molar-refractivity contribution in [1.82, 2.24) is 0 Å². The molecular formula is C12H14BrCl. The van der Waals surface area contributed by atoms with Gasteiger partial charge in [0.05, 0.1) is 0 Å². The van der Waals surface area contributed by atoms with Crippen molar-refractivity contribution < 1.29 is 0 Å². The molecule has 0 amide bonds. The molecule has 0 aromatic heterocycles. The molecule has 14 heavy (non-hydrogen) atoms. The van der Waals surface area contributed by atoms with Crippen molar-refractivity contribution in [2.24, 2.45) is 0 Å². The first kappa shape index (κ1) is 10.5. The third kappa shape index (κ3) is 1.61. The van der Waals surface area contributed by atoms with Gasteiger partial charge in [0.1, 0.15) is 0 Å². The van der Waals surface area contributed by atoms with Crippen LogP contribution in [-0.4, -0.2) is 0 Å². The minimum atomic E-state index is 0.503. The second-order valence-electron chi connectivity index (χ2n) is 4.05. The van der Waals surface area contributed by atoms with Crippen LogP contribution in [0.4, 0.5) is 0 Å². The molecule has 0 N–H and O–H groups in total. The fourth-order valence-electron chi connectivity index (χ4n) is 2.23. The molecule has 0 heterocycles. The van der Waals surface area contributed by atoms with E-state index < -0.39 is 0 Å². The van der Waals surface area contributed by atoms with Crippen LogP contribution in [0.1, 0.15) is 39.9 Å². The summed E-state index contributed by atoms with van der Waals surface area (Å²) in [5.74, 6) is 0. The van der Waals surface area contributed by atoms with E-state index in [1.54, 1.807) is 0 Å². The number of benzene rings is 1. The average molecular weight is 274 g/mol. The minimum absolute atomic E-state index is 0.503. The highest BCUT2D eigenvalue weighted by atomic mass is 79.9. The second kappa shape index (κ2) is 3.86. The maximum Gasteiger partial charge on any atom is 0.0443 e. The minimum Gasteiger partial charge on any atom is -0.0840 e. The Kier molecular flexibility index (Phi) is 2.90. The van der Waals surface area contributed by atoms with Gasteiger partial charge in [0, 0.05) is 9.85 Å². The van der Waals surface area contributed by atoms with Gasteiger partial charge in [-0.15, -0.1) is 0 Å². The Morgan fingerprint density at radius 3 is 2.86 bits per heavy atom. The third-order valence-corrected chi connectivity index (χ3v) is 4.40. The van der Waals surface area contributed by atoms with Crippen LogP contribution in [0.2, 0.25) is 5.02 Å². The van der Waals surface area contributed by atoms with Crippen LogP contribution in [0.25, 0.3) is 0 Å². The van der Waals surface area contributed by atoms with Crippen molar-refractivity contribution in [1.29, 1.82) is 0 Å². The Hall–Kier alpha value is -0.0100. The van der Waals surface area contributed by atoms with Gasteiger partial charge in [-0.3, -0.25) is 0 Å². The van der Waals surface area contributed by atoms with E-state index in [-0.39, 0.29) is 0 Å². The van der Waals surface area contributed by atoms with Crippen molar-refractivity contribution in [3.63, 3.8) is 0 Å². The van der Waals surface area contributed by atoms with Crippen LogP contribution in [0.3, 0.4) is 0 Å². The molecular weight excluding hydrogens is 259 g/mol. The van der Waals surface area contributed by atoms with Crippen LogP contribution >= 0.6 is 27.5 Å². The summed E-state index contributed by atoms with van der Waals surface area (Å²) in [6, 6.07) is 2.10. The lowest BCUT2D eigenvalue weighted by Gasteiger charge is -2.25. The first-order valence-corrected chi connectivity index (χ1v) is 6.33. The first-order chi connectivity index (χ1) is 6.61. The fourth-order valence-corrected chi connectivity index (χ4v) is 3.54. The van der Waals surface area contributed by atoms with Gasteiger partial charge >= 0.3 is 0 Å². The Labute approximate surface area is 98.8 Å². The maximum atomic E-state index is 6.26. The zero-order valence-electron chi connectivity index (χ0n) is 8.53. The van der Waals surface area contributed by atoms with Gasteiger partial charge in [-0.2, -0.15) is 0 Å². The average Bonchev–Trinajstić information content (AvgIpc) is 2.14. The van der Waals surface area contributed by atoms with E-state index in [0.29, 0.717) is 4.83 Å². The molecule has 1 atom stereocenters. The van der Waals surface area contributed by atoms with E-state index in [0.717, 1.165) is 11.4 Å². The zero-order chi connectivity index (χ0) is 10.3. The van der Waals surface area contributed by atoms with Crippen LogP contribution < -0.4 is 0 Å². The van der Waals surface area contributed by atoms with Crippen LogP contribution in [0.5, 0.6) is 0 Å². The highest BCUT2D eigenvalue weighted by Gasteiger charge is 2.22. The predicted molar refractivity (Wildman–Crippen MR) is 65.5 cm³/mol. The van der Waals surface area contributed by atoms with E-state index in [1.807, 2.05) is 0 Å². The summed E-state index contributed by atoms with van der Waals surface area (Å²) in [5.41, 5.74) is 5.52. The Bertz CT molecular complexity index is 371. The van der Waals surface area contributed by atoms with Gasteiger partial charge in [0.25, 0.3) is 0 Å². The lowest BCUT2D eigenvalue weighted by atomic mass is 9.86. The summed E-state index contributed by atoms with van der Waals surface area (Å²) < 4.78 is 0. The molecule has 1 aromatic carbocycles. The molecule has 0 saturated heterocycles. The molecule has 76 valence electrons. The molecule has 0 nitrogen and oxygen atoms in total. The van der Waals surface area contributed by atoms with Crippen molar-refractivity contribution in [2.45, 2.75) is 37.9 Å². The number of hydrogen-bond donors (Lipinski definition) is 0. The summed E-state index contributed by atoms with van der Waals surface area (Å²) in [4.78, 5) is 0.503. The number of rotatable bonds is 0. The van der Waals surface area contributed by atoms with E-state index in [9.17, 15) is 0 Å². The molecule has 2 heteroatoms. The quantitative estimate of drug-likeness (QED) is 0.600. The third-order valence-electron chi connectivity index (χ3n) is 3.15. The molecule has 0 aliphatic heterocycles. The Balaban J connectivity index is 2.67. The lowest BCUT2D eigenvalue weighted by molar-refractivity contribution is 0.676. The highest BCUT2D eigenvalue weighted by Crippen LogP contribution is 2.41. The molecule has 1 aliphatic rings. The van der Waals surface area contributed by atoms with E-state index >= 15 is 0 Å². The number of alkyl halides is 1. The second-order valence-corrected chi connectivity index (χ2v) is 5.56. The summed E-state index contributed by atoms with van der Waals surface area (Å²) in [5, 5.41) is 0.951. The topological polar surface area (TPSA) is 0 Å². The van der Waals surface area contributed by atoms with Crippen molar-refractivity contribution in [3.8, 4) is 0 Å². The summed E-state index contributed by atoms with van der Waals surface area (Å²) in [6.07, 6.45) is 3.61. The van der Waals surface area contributed by atoms with Gasteiger partial charge in [-0.1, -0.05) is 27.5 Å². The van der Waals surface area contributed by atoms with Gasteiger partial charge in [-0.25, -0.2) is 0 Å².